The maximum atomic E-state index is 14.2. The Morgan fingerprint density at radius 3 is 2.00 bits per heavy atom. The summed E-state index contributed by atoms with van der Waals surface area (Å²) < 4.78 is 35.3. The van der Waals surface area contributed by atoms with E-state index in [1.165, 1.54) is 31.4 Å². The normalized spacial score (nSPS) is 12.4. The molecule has 0 spiro atoms. The summed E-state index contributed by atoms with van der Waals surface area (Å²) in [6, 6.07) is 18.2. The monoisotopic (exact) mass is 629 g/mol. The van der Waals surface area contributed by atoms with Crippen molar-refractivity contribution in [3.63, 3.8) is 0 Å². The van der Waals surface area contributed by atoms with Gasteiger partial charge in [-0.25, -0.2) is 8.78 Å². The van der Waals surface area contributed by atoms with E-state index >= 15 is 0 Å². The first-order valence-electron chi connectivity index (χ1n) is 14.3. The maximum absolute atomic E-state index is 14.2. The van der Waals surface area contributed by atoms with Gasteiger partial charge < -0.3 is 29.9 Å². The number of rotatable bonds is 13. The van der Waals surface area contributed by atoms with Crippen molar-refractivity contribution >= 4 is 47.1 Å². The van der Waals surface area contributed by atoms with Crippen LogP contribution >= 0.6 is 0 Å². The maximum Gasteiger partial charge on any atom is 0.305 e. The molecule has 1 amide bonds. The van der Waals surface area contributed by atoms with E-state index in [4.69, 9.17) is 9.84 Å². The number of anilines is 1. The van der Waals surface area contributed by atoms with Crippen LogP contribution in [-0.2, 0) is 11.2 Å². The van der Waals surface area contributed by atoms with Gasteiger partial charge in [0.05, 0.1) is 25.7 Å². The summed E-state index contributed by atoms with van der Waals surface area (Å²) in [6.45, 7) is 3.81. The summed E-state index contributed by atoms with van der Waals surface area (Å²) in [6.07, 6.45) is -2.54. The van der Waals surface area contributed by atoms with Crippen molar-refractivity contribution in [2.75, 3.05) is 12.4 Å². The molecule has 45 heavy (non-hydrogen) atoms. The van der Waals surface area contributed by atoms with Crippen molar-refractivity contribution in [2.45, 2.75) is 57.8 Å². The van der Waals surface area contributed by atoms with Crippen LogP contribution in [0.2, 0.25) is 0 Å². The van der Waals surface area contributed by atoms with Crippen LogP contribution in [0.5, 0.6) is 5.75 Å². The van der Waals surface area contributed by atoms with Crippen molar-refractivity contribution < 1.29 is 38.4 Å². The summed E-state index contributed by atoms with van der Waals surface area (Å²) in [4.78, 5) is 25.2. The number of benzene rings is 3. The van der Waals surface area contributed by atoms with E-state index in [2.05, 4.69) is 5.32 Å². The van der Waals surface area contributed by atoms with Crippen LogP contribution in [0.15, 0.2) is 72.8 Å². The van der Waals surface area contributed by atoms with E-state index < -0.39 is 42.1 Å². The molecule has 2 atom stereocenters. The quantitative estimate of drug-likeness (QED) is 0.133. The molecule has 0 aliphatic heterocycles. The van der Waals surface area contributed by atoms with Crippen LogP contribution in [0.3, 0.4) is 0 Å². The number of amides is 1. The van der Waals surface area contributed by atoms with Gasteiger partial charge in [-0.3, -0.25) is 9.59 Å². The van der Waals surface area contributed by atoms with E-state index in [1.54, 1.807) is 48.5 Å². The van der Waals surface area contributed by atoms with Crippen molar-refractivity contribution in [3.05, 3.63) is 95.8 Å². The number of aliphatic hydroxyl groups excluding tert-OH is 2. The Bertz CT molecular complexity index is 1610. The molecule has 4 N–H and O–H groups in total. The van der Waals surface area contributed by atoms with E-state index in [9.17, 15) is 28.6 Å². The van der Waals surface area contributed by atoms with Gasteiger partial charge >= 0.3 is 5.97 Å². The number of aliphatic carboxylic acids is 1. The van der Waals surface area contributed by atoms with Crippen LogP contribution in [0.25, 0.3) is 22.3 Å². The Kier molecular flexibility index (Phi) is 12.9. The number of halogens is 2. The Morgan fingerprint density at radius 2 is 1.47 bits per heavy atom. The number of hydrogen-bond acceptors (Lipinski definition) is 5. The third kappa shape index (κ3) is 9.02. The minimum Gasteiger partial charge on any atom is -0.497 e. The third-order valence-electron chi connectivity index (χ3n) is 7.30. The number of aliphatic hydroxyl groups is 2. The Labute approximate surface area is 283 Å². The van der Waals surface area contributed by atoms with Gasteiger partial charge in [0, 0.05) is 64.2 Å². The smallest absolute Gasteiger partial charge is 0.305 e. The molecule has 233 valence electrons. The number of hydrogen-bond donors (Lipinski definition) is 4. The van der Waals surface area contributed by atoms with Crippen molar-refractivity contribution in [3.8, 4) is 28.0 Å². The SMILES string of the molecule is COc1cccc(NC(=O)c2c(-c3ccc(F)cc3)c(-c3ccc(F)cc3)c(CC[C@@H](O)C[C@@H](O)CC(=O)O)n2C(C)C)c1.[Na]. The molecule has 1 heterocycles. The first-order chi connectivity index (χ1) is 21.0. The number of carbonyl (C=O) groups excluding carboxylic acids is 1. The average Bonchev–Trinajstić information content (AvgIpc) is 3.32. The molecule has 0 saturated heterocycles. The van der Waals surface area contributed by atoms with Crippen molar-refractivity contribution in [1.29, 1.82) is 0 Å². The van der Waals surface area contributed by atoms with Gasteiger partial charge in [0.25, 0.3) is 5.91 Å². The molecule has 4 aromatic rings. The predicted molar refractivity (Wildman–Crippen MR) is 170 cm³/mol. The zero-order valence-electron chi connectivity index (χ0n) is 25.8. The fourth-order valence-corrected chi connectivity index (χ4v) is 5.41. The second kappa shape index (κ2) is 16.1. The minimum absolute atomic E-state index is 0. The van der Waals surface area contributed by atoms with Crippen molar-refractivity contribution in [2.24, 2.45) is 0 Å². The summed E-state index contributed by atoms with van der Waals surface area (Å²) in [5, 5.41) is 32.8. The number of methoxy groups -OCH3 is 1. The van der Waals surface area contributed by atoms with Crippen LogP contribution in [0.1, 0.15) is 55.3 Å². The predicted octanol–water partition coefficient (Wildman–Crippen LogP) is 6.08. The number of aromatic nitrogens is 1. The number of nitrogens with one attached hydrogen (secondary N) is 1. The zero-order chi connectivity index (χ0) is 32.0. The zero-order valence-corrected chi connectivity index (χ0v) is 27.8. The van der Waals surface area contributed by atoms with E-state index in [-0.39, 0.29) is 60.6 Å². The number of nitrogens with zero attached hydrogens (tertiary/aromatic N) is 1. The number of carboxylic acid groups (broad SMARTS) is 1. The van der Waals surface area contributed by atoms with Crippen LogP contribution < -0.4 is 10.1 Å². The molecule has 0 aliphatic rings. The van der Waals surface area contributed by atoms with Gasteiger partial charge in [0.1, 0.15) is 23.1 Å². The van der Waals surface area contributed by atoms with Gasteiger partial charge in [-0.05, 0) is 80.6 Å². The number of ether oxygens (including phenoxy) is 1. The molecule has 3 aromatic carbocycles. The molecule has 8 nitrogen and oxygen atoms in total. The summed E-state index contributed by atoms with van der Waals surface area (Å²) >= 11 is 0. The second-order valence-corrected chi connectivity index (χ2v) is 10.9. The van der Waals surface area contributed by atoms with Gasteiger partial charge in [-0.2, -0.15) is 0 Å². The summed E-state index contributed by atoms with van der Waals surface area (Å²) in [5.74, 6) is -1.97. The number of carbonyl (C=O) groups is 2. The first-order valence-corrected chi connectivity index (χ1v) is 14.3. The molecule has 1 radical (unpaired) electrons. The molecular weight excluding hydrogens is 593 g/mol. The summed E-state index contributed by atoms with van der Waals surface area (Å²) in [7, 11) is 1.52. The van der Waals surface area contributed by atoms with Crippen LogP contribution in [0, 0.1) is 11.6 Å². The van der Waals surface area contributed by atoms with Gasteiger partial charge in [-0.1, -0.05) is 30.3 Å². The van der Waals surface area contributed by atoms with Gasteiger partial charge in [0.15, 0.2) is 0 Å². The molecule has 4 rings (SSSR count). The molecule has 1 aromatic heterocycles. The molecule has 0 aliphatic carbocycles. The number of carboxylic acids is 1. The van der Waals surface area contributed by atoms with Crippen LogP contribution in [-0.4, -0.2) is 80.6 Å². The first kappa shape index (κ1) is 35.9. The Balaban J connectivity index is 0.00000552. The van der Waals surface area contributed by atoms with Crippen LogP contribution in [0.4, 0.5) is 14.5 Å². The Hall–Kier alpha value is -3.54. The second-order valence-electron chi connectivity index (χ2n) is 10.9. The topological polar surface area (TPSA) is 121 Å². The molecular formula is C34H36F2N2NaO6. The molecule has 11 heteroatoms. The Morgan fingerprint density at radius 1 is 0.889 bits per heavy atom. The third-order valence-corrected chi connectivity index (χ3v) is 7.30. The van der Waals surface area contributed by atoms with Gasteiger partial charge in [0.2, 0.25) is 0 Å². The van der Waals surface area contributed by atoms with Crippen molar-refractivity contribution in [1.82, 2.24) is 4.57 Å². The molecule has 0 bridgehead atoms. The summed E-state index contributed by atoms with van der Waals surface area (Å²) in [5.41, 5.74) is 3.71. The minimum atomic E-state index is -1.23. The van der Waals surface area contributed by atoms with Gasteiger partial charge in [-0.15, -0.1) is 0 Å². The van der Waals surface area contributed by atoms with E-state index in [1.807, 2.05) is 18.4 Å². The fourth-order valence-electron chi connectivity index (χ4n) is 5.41. The largest absolute Gasteiger partial charge is 0.497 e. The molecule has 0 unspecified atom stereocenters. The van der Waals surface area contributed by atoms with E-state index in [0.717, 1.165) is 0 Å². The van der Waals surface area contributed by atoms with E-state index in [0.29, 0.717) is 39.4 Å². The molecule has 0 saturated carbocycles. The fraction of sp³-hybridized carbons (Fsp3) is 0.294. The molecule has 0 fully saturated rings. The standard InChI is InChI=1S/C34H36F2N2O6.Na/c1-20(2)38-29(16-15-26(39)18-27(40)19-30(41)42)31(21-7-11-23(35)12-8-21)32(22-9-13-24(36)14-10-22)33(38)34(43)37-25-5-4-6-28(17-25)44-3;/h4-14,17,20,26-27,39-40H,15-16,18-19H2,1-3H3,(H,37,43)(H,41,42);/t26-,27-;/m1./s1. The average molecular weight is 630 g/mol.